The Morgan fingerprint density at radius 3 is 2.52 bits per heavy atom. The molecule has 3 aromatic rings. The van der Waals surface area contributed by atoms with Crippen LogP contribution in [0.5, 0.6) is 0 Å². The van der Waals surface area contributed by atoms with Crippen LogP contribution in [-0.4, -0.2) is 9.97 Å². The van der Waals surface area contributed by atoms with Crippen molar-refractivity contribution < 1.29 is 0 Å². The Morgan fingerprint density at radius 1 is 1.04 bits per heavy atom. The summed E-state index contributed by atoms with van der Waals surface area (Å²) in [6.45, 7) is 4.56. The van der Waals surface area contributed by atoms with E-state index in [0.717, 1.165) is 35.3 Å². The first-order valence-electron chi connectivity index (χ1n) is 9.97. The predicted octanol–water partition coefficient (Wildman–Crippen LogP) is 6.87. The highest BCUT2D eigenvalue weighted by Gasteiger charge is 2.39. The van der Waals surface area contributed by atoms with Gasteiger partial charge >= 0.3 is 0 Å². The molecule has 1 N–H and O–H groups in total. The third-order valence-electron chi connectivity index (χ3n) is 6.00. The summed E-state index contributed by atoms with van der Waals surface area (Å²) in [4.78, 5) is 8.51. The molecule has 1 aliphatic rings. The number of H-pyrrole nitrogens is 1. The molecule has 1 aliphatic carbocycles. The fraction of sp³-hybridized carbons (Fsp3) is 0.333. The van der Waals surface area contributed by atoms with Crippen molar-refractivity contribution in [1.82, 2.24) is 9.97 Å². The molecule has 27 heavy (non-hydrogen) atoms. The van der Waals surface area contributed by atoms with Gasteiger partial charge in [0.1, 0.15) is 10.5 Å². The topological polar surface area (TPSA) is 28.7 Å². The number of nitrogens with zero attached hydrogens (tertiary/aromatic N) is 1. The normalized spacial score (nSPS) is 18.0. The van der Waals surface area contributed by atoms with Gasteiger partial charge in [-0.15, -0.1) is 0 Å². The smallest absolute Gasteiger partial charge is 0.139 e. The van der Waals surface area contributed by atoms with Crippen LogP contribution in [0.2, 0.25) is 0 Å². The number of rotatable bonds is 5. The quantitative estimate of drug-likeness (QED) is 0.494. The minimum atomic E-state index is 0.0789. The van der Waals surface area contributed by atoms with Gasteiger partial charge in [0.2, 0.25) is 0 Å². The van der Waals surface area contributed by atoms with Gasteiger partial charge in [-0.05, 0) is 24.8 Å². The predicted molar refractivity (Wildman–Crippen MR) is 115 cm³/mol. The molecule has 0 saturated heterocycles. The highest BCUT2D eigenvalue weighted by Crippen LogP contribution is 2.47. The Hall–Kier alpha value is -2.26. The zero-order chi connectivity index (χ0) is 18.9. The highest BCUT2D eigenvalue weighted by atomic mass is 32.1. The van der Waals surface area contributed by atoms with E-state index in [1.165, 1.54) is 35.2 Å². The van der Waals surface area contributed by atoms with Crippen LogP contribution in [0, 0.1) is 4.64 Å². The zero-order valence-corrected chi connectivity index (χ0v) is 16.9. The second kappa shape index (κ2) is 7.40. The van der Waals surface area contributed by atoms with Gasteiger partial charge in [-0.3, -0.25) is 0 Å². The number of benzene rings is 2. The van der Waals surface area contributed by atoms with Gasteiger partial charge in [0.25, 0.3) is 0 Å². The third kappa shape index (κ3) is 3.14. The molecule has 1 heterocycles. The molecule has 0 saturated carbocycles. The van der Waals surface area contributed by atoms with Gasteiger partial charge in [0.05, 0.1) is 5.69 Å². The molecule has 0 amide bonds. The molecule has 2 aromatic carbocycles. The number of fused-ring (bicyclic) bond motifs is 3. The maximum atomic E-state index is 5.89. The summed E-state index contributed by atoms with van der Waals surface area (Å²) in [5.41, 5.74) is 6.28. The molecule has 0 unspecified atom stereocenters. The minimum Gasteiger partial charge on any atom is -0.339 e. The average molecular weight is 375 g/mol. The lowest BCUT2D eigenvalue weighted by atomic mass is 9.65. The van der Waals surface area contributed by atoms with Crippen LogP contribution in [0.4, 0.5) is 0 Å². The average Bonchev–Trinajstić information content (AvgIpc) is 2.72. The number of aromatic nitrogens is 2. The highest BCUT2D eigenvalue weighted by molar-refractivity contribution is 7.71. The van der Waals surface area contributed by atoms with Gasteiger partial charge in [-0.2, -0.15) is 0 Å². The molecule has 0 spiro atoms. The Morgan fingerprint density at radius 2 is 1.78 bits per heavy atom. The number of unbranched alkanes of at least 4 members (excludes halogenated alkanes) is 1. The van der Waals surface area contributed by atoms with Crippen LogP contribution in [0.3, 0.4) is 0 Å². The van der Waals surface area contributed by atoms with E-state index in [-0.39, 0.29) is 5.41 Å². The van der Waals surface area contributed by atoms with Gasteiger partial charge < -0.3 is 4.98 Å². The van der Waals surface area contributed by atoms with E-state index < -0.39 is 0 Å². The maximum Gasteiger partial charge on any atom is 0.139 e. The summed E-state index contributed by atoms with van der Waals surface area (Å²) < 4.78 is 0.759. The summed E-state index contributed by atoms with van der Waals surface area (Å²) >= 11 is 5.89. The number of hydrogen-bond acceptors (Lipinski definition) is 2. The van der Waals surface area contributed by atoms with Crippen LogP contribution in [-0.2, 0) is 11.8 Å². The second-order valence-electron chi connectivity index (χ2n) is 7.58. The van der Waals surface area contributed by atoms with E-state index in [9.17, 15) is 0 Å². The molecule has 0 bridgehead atoms. The van der Waals surface area contributed by atoms with E-state index >= 15 is 0 Å². The van der Waals surface area contributed by atoms with Crippen LogP contribution >= 0.6 is 12.2 Å². The van der Waals surface area contributed by atoms with E-state index in [2.05, 4.69) is 55.2 Å². The van der Waals surface area contributed by atoms with E-state index in [0.29, 0.717) is 0 Å². The summed E-state index contributed by atoms with van der Waals surface area (Å²) in [5.74, 6) is 0.858. The van der Waals surface area contributed by atoms with Crippen molar-refractivity contribution in [1.29, 1.82) is 0 Å². The van der Waals surface area contributed by atoms with Crippen molar-refractivity contribution in [2.45, 2.75) is 51.4 Å². The van der Waals surface area contributed by atoms with E-state index in [1.54, 1.807) is 0 Å². The second-order valence-corrected chi connectivity index (χ2v) is 7.96. The van der Waals surface area contributed by atoms with Crippen molar-refractivity contribution in [3.05, 3.63) is 70.4 Å². The lowest BCUT2D eigenvalue weighted by molar-refractivity contribution is 0.357. The van der Waals surface area contributed by atoms with Crippen molar-refractivity contribution >= 4 is 12.2 Å². The maximum absolute atomic E-state index is 5.89. The monoisotopic (exact) mass is 374 g/mol. The third-order valence-corrected chi connectivity index (χ3v) is 6.29. The van der Waals surface area contributed by atoms with Gasteiger partial charge in [-0.1, -0.05) is 93.5 Å². The Bertz CT molecular complexity index is 1010. The molecule has 0 fully saturated rings. The summed E-state index contributed by atoms with van der Waals surface area (Å²) in [6, 6.07) is 19.0. The molecule has 2 nitrogen and oxygen atoms in total. The van der Waals surface area contributed by atoms with Crippen molar-refractivity contribution in [3.8, 4) is 22.6 Å². The fourth-order valence-electron chi connectivity index (χ4n) is 4.48. The molecule has 0 aliphatic heterocycles. The molecule has 138 valence electrons. The standard InChI is InChI=1S/C24H26N2S/c1-3-5-15-24(4-2)16-18-13-9-10-14-19(18)21-20(24)23(27)26-22(25-21)17-11-7-6-8-12-17/h6-14H,3-5,15-16H2,1-2H3,(H,25,26,27)/t24-/m0/s1. The number of aromatic amines is 1. The first-order valence-corrected chi connectivity index (χ1v) is 10.4. The van der Waals surface area contributed by atoms with Crippen LogP contribution < -0.4 is 0 Å². The first kappa shape index (κ1) is 18.1. The molecular formula is C24H26N2S. The lowest BCUT2D eigenvalue weighted by Gasteiger charge is -2.39. The van der Waals surface area contributed by atoms with Crippen LogP contribution in [0.25, 0.3) is 22.6 Å². The lowest BCUT2D eigenvalue weighted by Crippen LogP contribution is -2.33. The summed E-state index contributed by atoms with van der Waals surface area (Å²) in [6.07, 6.45) is 5.70. The van der Waals surface area contributed by atoms with Crippen molar-refractivity contribution in [2.75, 3.05) is 0 Å². The van der Waals surface area contributed by atoms with Crippen LogP contribution in [0.1, 0.15) is 50.7 Å². The summed E-state index contributed by atoms with van der Waals surface area (Å²) in [7, 11) is 0. The number of nitrogens with one attached hydrogen (secondary N) is 1. The fourth-order valence-corrected chi connectivity index (χ4v) is 4.89. The molecule has 0 radical (unpaired) electrons. The molecular weight excluding hydrogens is 348 g/mol. The zero-order valence-electron chi connectivity index (χ0n) is 16.1. The molecule has 4 rings (SSSR count). The largest absolute Gasteiger partial charge is 0.339 e. The summed E-state index contributed by atoms with van der Waals surface area (Å²) in [5, 5.41) is 0. The van der Waals surface area contributed by atoms with E-state index in [1.807, 2.05) is 18.2 Å². The molecule has 1 aromatic heterocycles. The Balaban J connectivity index is 1.98. The number of hydrogen-bond donors (Lipinski definition) is 1. The van der Waals surface area contributed by atoms with Crippen LogP contribution in [0.15, 0.2) is 54.6 Å². The van der Waals surface area contributed by atoms with Gasteiger partial charge in [-0.25, -0.2) is 4.98 Å². The Labute approximate surface area is 166 Å². The Kier molecular flexibility index (Phi) is 4.96. The van der Waals surface area contributed by atoms with Gasteiger partial charge in [0.15, 0.2) is 0 Å². The SMILES string of the molecule is CCCC[C@@]1(CC)Cc2ccccc2-c2[nH]c(-c3ccccc3)nc(=S)c21. The van der Waals surface area contributed by atoms with Gasteiger partial charge in [0, 0.05) is 22.1 Å². The van der Waals surface area contributed by atoms with Crippen molar-refractivity contribution in [3.63, 3.8) is 0 Å². The van der Waals surface area contributed by atoms with E-state index in [4.69, 9.17) is 17.2 Å². The minimum absolute atomic E-state index is 0.0789. The molecule has 1 atom stereocenters. The van der Waals surface area contributed by atoms with Crippen molar-refractivity contribution in [2.24, 2.45) is 0 Å². The first-order chi connectivity index (χ1) is 13.2. The molecule has 3 heteroatoms.